The van der Waals surface area contributed by atoms with Crippen LogP contribution in [-0.4, -0.2) is 26.5 Å². The van der Waals surface area contributed by atoms with E-state index in [1.165, 1.54) is 0 Å². The second-order valence-corrected chi connectivity index (χ2v) is 9.37. The first-order chi connectivity index (χ1) is 13.0. The van der Waals surface area contributed by atoms with Crippen molar-refractivity contribution in [3.8, 4) is 0 Å². The largest absolute Gasteiger partial charge is 0.391 e. The van der Waals surface area contributed by atoms with E-state index in [1.54, 1.807) is 38.1 Å². The Morgan fingerprint density at radius 3 is 2.43 bits per heavy atom. The summed E-state index contributed by atoms with van der Waals surface area (Å²) in [4.78, 5) is 12.4. The molecule has 2 atom stereocenters. The second-order valence-electron chi connectivity index (χ2n) is 7.62. The van der Waals surface area contributed by atoms with Crippen molar-refractivity contribution in [2.24, 2.45) is 11.8 Å². The van der Waals surface area contributed by atoms with Gasteiger partial charge >= 0.3 is 6.18 Å². The molecule has 1 aliphatic rings. The fourth-order valence-electron chi connectivity index (χ4n) is 3.53. The maximum absolute atomic E-state index is 12.9. The molecule has 1 saturated carbocycles. The molecule has 0 radical (unpaired) electrons. The SMILES string of the molecule is CC(C)NS(=O)(=O)Cc1ccccc1CNC(=O)C1CCCC(C(F)(F)F)C1. The Kier molecular flexibility index (Phi) is 7.50. The number of benzene rings is 1. The summed E-state index contributed by atoms with van der Waals surface area (Å²) in [6.45, 7) is 3.53. The molecule has 1 aliphatic carbocycles. The molecule has 2 N–H and O–H groups in total. The van der Waals surface area contributed by atoms with E-state index < -0.39 is 33.9 Å². The van der Waals surface area contributed by atoms with E-state index in [9.17, 15) is 26.4 Å². The summed E-state index contributed by atoms with van der Waals surface area (Å²) < 4.78 is 65.7. The Morgan fingerprint density at radius 1 is 1.18 bits per heavy atom. The first-order valence-electron chi connectivity index (χ1n) is 9.39. The van der Waals surface area contributed by atoms with Crippen molar-refractivity contribution in [3.63, 3.8) is 0 Å². The smallest absolute Gasteiger partial charge is 0.352 e. The van der Waals surface area contributed by atoms with Gasteiger partial charge in [-0.25, -0.2) is 13.1 Å². The van der Waals surface area contributed by atoms with E-state index >= 15 is 0 Å². The summed E-state index contributed by atoms with van der Waals surface area (Å²) >= 11 is 0. The van der Waals surface area contributed by atoms with Crippen LogP contribution in [0.25, 0.3) is 0 Å². The number of hydrogen-bond donors (Lipinski definition) is 2. The first-order valence-corrected chi connectivity index (χ1v) is 11.0. The monoisotopic (exact) mass is 420 g/mol. The summed E-state index contributed by atoms with van der Waals surface area (Å²) in [6, 6.07) is 6.58. The minimum absolute atomic E-state index is 0.0663. The van der Waals surface area contributed by atoms with Crippen molar-refractivity contribution in [1.29, 1.82) is 0 Å². The molecule has 1 amide bonds. The highest BCUT2D eigenvalue weighted by molar-refractivity contribution is 7.88. The van der Waals surface area contributed by atoms with E-state index in [1.807, 2.05) is 0 Å². The second kappa shape index (κ2) is 9.26. The number of hydrogen-bond acceptors (Lipinski definition) is 3. The van der Waals surface area contributed by atoms with Gasteiger partial charge in [-0.3, -0.25) is 4.79 Å². The van der Waals surface area contributed by atoms with Crippen LogP contribution in [0.1, 0.15) is 50.7 Å². The lowest BCUT2D eigenvalue weighted by molar-refractivity contribution is -0.186. The summed E-state index contributed by atoms with van der Waals surface area (Å²) in [6.07, 6.45) is -3.59. The number of carbonyl (C=O) groups is 1. The summed E-state index contributed by atoms with van der Waals surface area (Å²) in [7, 11) is -3.53. The van der Waals surface area contributed by atoms with E-state index in [2.05, 4.69) is 10.0 Å². The van der Waals surface area contributed by atoms with Gasteiger partial charge in [0.05, 0.1) is 11.7 Å². The lowest BCUT2D eigenvalue weighted by Gasteiger charge is -2.29. The molecule has 5 nitrogen and oxygen atoms in total. The normalized spacial score (nSPS) is 20.9. The molecule has 1 aromatic carbocycles. The molecule has 158 valence electrons. The van der Waals surface area contributed by atoms with Crippen molar-refractivity contribution < 1.29 is 26.4 Å². The van der Waals surface area contributed by atoms with Crippen LogP contribution < -0.4 is 10.0 Å². The summed E-state index contributed by atoms with van der Waals surface area (Å²) in [5.41, 5.74) is 1.18. The summed E-state index contributed by atoms with van der Waals surface area (Å²) in [5, 5.41) is 2.69. The number of amides is 1. The van der Waals surface area contributed by atoms with E-state index in [-0.39, 0.29) is 31.2 Å². The zero-order chi connectivity index (χ0) is 20.9. The van der Waals surface area contributed by atoms with Gasteiger partial charge in [-0.15, -0.1) is 0 Å². The average molecular weight is 420 g/mol. The fourth-order valence-corrected chi connectivity index (χ4v) is 5.02. The molecular formula is C19H27F3N2O3S. The maximum Gasteiger partial charge on any atom is 0.391 e. The number of halogens is 3. The van der Waals surface area contributed by atoms with Crippen LogP contribution in [0.2, 0.25) is 0 Å². The molecule has 0 aromatic heterocycles. The van der Waals surface area contributed by atoms with Crippen LogP contribution in [0.15, 0.2) is 24.3 Å². The van der Waals surface area contributed by atoms with Gasteiger partial charge in [0, 0.05) is 18.5 Å². The predicted molar refractivity (Wildman–Crippen MR) is 101 cm³/mol. The molecule has 0 heterocycles. The molecule has 9 heteroatoms. The Balaban J connectivity index is 2.00. The van der Waals surface area contributed by atoms with E-state index in [4.69, 9.17) is 0 Å². The number of sulfonamides is 1. The van der Waals surface area contributed by atoms with Crippen molar-refractivity contribution in [3.05, 3.63) is 35.4 Å². The highest BCUT2D eigenvalue weighted by Gasteiger charge is 2.43. The quantitative estimate of drug-likeness (QED) is 0.709. The lowest BCUT2D eigenvalue weighted by atomic mass is 9.80. The maximum atomic E-state index is 12.9. The third kappa shape index (κ3) is 6.77. The van der Waals surface area contributed by atoms with E-state index in [0.717, 1.165) is 0 Å². The Hall–Kier alpha value is -1.61. The van der Waals surface area contributed by atoms with Gasteiger partial charge in [-0.05, 0) is 44.2 Å². The van der Waals surface area contributed by atoms with Gasteiger partial charge in [-0.1, -0.05) is 30.7 Å². The van der Waals surface area contributed by atoms with Crippen LogP contribution in [0.3, 0.4) is 0 Å². The molecule has 1 aromatic rings. The molecule has 0 saturated heterocycles. The molecule has 0 bridgehead atoms. The predicted octanol–water partition coefficient (Wildman–Crippen LogP) is 3.50. The fraction of sp³-hybridized carbons (Fsp3) is 0.632. The molecule has 28 heavy (non-hydrogen) atoms. The zero-order valence-corrected chi connectivity index (χ0v) is 16.9. The zero-order valence-electron chi connectivity index (χ0n) is 16.1. The number of carbonyl (C=O) groups excluding carboxylic acids is 1. The number of rotatable bonds is 7. The minimum atomic E-state index is -4.27. The Labute approximate surface area is 164 Å². The molecule has 0 spiro atoms. The van der Waals surface area contributed by atoms with Gasteiger partial charge < -0.3 is 5.32 Å². The van der Waals surface area contributed by atoms with Crippen molar-refractivity contribution in [2.45, 2.75) is 64.0 Å². The molecule has 2 unspecified atom stereocenters. The van der Waals surface area contributed by atoms with Gasteiger partial charge in [0.2, 0.25) is 15.9 Å². The van der Waals surface area contributed by atoms with Gasteiger partial charge in [0.15, 0.2) is 0 Å². The standard InChI is InChI=1S/C19H27F3N2O3S/c1-13(2)24-28(26,27)12-16-7-4-3-6-15(16)11-23-18(25)14-8-5-9-17(10-14)19(20,21)22/h3-4,6-7,13-14,17,24H,5,8-12H2,1-2H3,(H,23,25). The highest BCUT2D eigenvalue weighted by atomic mass is 32.2. The Bertz CT molecular complexity index is 779. The topological polar surface area (TPSA) is 75.3 Å². The van der Waals surface area contributed by atoms with Crippen molar-refractivity contribution in [1.82, 2.24) is 10.0 Å². The van der Waals surface area contributed by atoms with Crippen LogP contribution in [-0.2, 0) is 27.1 Å². The number of nitrogens with one attached hydrogen (secondary N) is 2. The minimum Gasteiger partial charge on any atom is -0.352 e. The van der Waals surface area contributed by atoms with Gasteiger partial charge in [-0.2, -0.15) is 13.2 Å². The number of alkyl halides is 3. The molecule has 0 aliphatic heterocycles. The van der Waals surface area contributed by atoms with Crippen LogP contribution in [0.4, 0.5) is 13.2 Å². The average Bonchev–Trinajstić information content (AvgIpc) is 2.58. The Morgan fingerprint density at radius 2 is 1.82 bits per heavy atom. The van der Waals surface area contributed by atoms with Gasteiger partial charge in [0.25, 0.3) is 0 Å². The summed E-state index contributed by atoms with van der Waals surface area (Å²) in [5.74, 6) is -2.74. The lowest BCUT2D eigenvalue weighted by Crippen LogP contribution is -2.37. The van der Waals surface area contributed by atoms with Crippen LogP contribution >= 0.6 is 0 Å². The van der Waals surface area contributed by atoms with E-state index in [0.29, 0.717) is 24.0 Å². The van der Waals surface area contributed by atoms with Crippen molar-refractivity contribution >= 4 is 15.9 Å². The third-order valence-electron chi connectivity index (χ3n) is 4.84. The van der Waals surface area contributed by atoms with Crippen LogP contribution in [0, 0.1) is 11.8 Å². The van der Waals surface area contributed by atoms with Gasteiger partial charge in [0.1, 0.15) is 0 Å². The molecule has 2 rings (SSSR count). The third-order valence-corrected chi connectivity index (χ3v) is 6.36. The highest BCUT2D eigenvalue weighted by Crippen LogP contribution is 2.39. The van der Waals surface area contributed by atoms with Crippen molar-refractivity contribution in [2.75, 3.05) is 0 Å². The van der Waals surface area contributed by atoms with Crippen LogP contribution in [0.5, 0.6) is 0 Å². The molecular weight excluding hydrogens is 393 g/mol. The molecule has 1 fully saturated rings. The first kappa shape index (κ1) is 22.7.